The van der Waals surface area contributed by atoms with Crippen LogP contribution in [-0.2, 0) is 11.3 Å². The normalized spacial score (nSPS) is 13.9. The molecule has 0 bridgehead atoms. The third-order valence-corrected chi connectivity index (χ3v) is 4.59. The van der Waals surface area contributed by atoms with Crippen molar-refractivity contribution in [2.75, 3.05) is 41.8 Å². The van der Waals surface area contributed by atoms with Gasteiger partial charge in [0.2, 0.25) is 5.95 Å². The summed E-state index contributed by atoms with van der Waals surface area (Å²) in [5.74, 6) is 0.866. The Kier molecular flexibility index (Phi) is 5.71. The smallest absolute Gasteiger partial charge is 0.274 e. The minimum absolute atomic E-state index is 0.280. The van der Waals surface area contributed by atoms with Crippen LogP contribution in [0.2, 0.25) is 0 Å². The molecule has 0 saturated carbocycles. The Morgan fingerprint density at radius 3 is 2.76 bits per heavy atom. The Morgan fingerprint density at radius 1 is 1.14 bits per heavy atom. The van der Waals surface area contributed by atoms with Crippen molar-refractivity contribution in [1.29, 1.82) is 0 Å². The minimum Gasteiger partial charge on any atom is -0.467 e. The third-order valence-electron chi connectivity index (χ3n) is 4.59. The van der Waals surface area contributed by atoms with E-state index in [-0.39, 0.29) is 5.91 Å². The molecule has 0 aliphatic carbocycles. The van der Waals surface area contributed by atoms with Crippen LogP contribution in [0.3, 0.4) is 0 Å². The number of anilines is 3. The van der Waals surface area contributed by atoms with Crippen molar-refractivity contribution >= 4 is 23.2 Å². The number of para-hydroxylation sites is 2. The van der Waals surface area contributed by atoms with Crippen molar-refractivity contribution in [1.82, 2.24) is 9.97 Å². The van der Waals surface area contributed by atoms with Crippen molar-refractivity contribution < 1.29 is 13.9 Å². The molecule has 150 valence electrons. The van der Waals surface area contributed by atoms with Gasteiger partial charge in [-0.15, -0.1) is 0 Å². The topological polar surface area (TPSA) is 92.5 Å². The highest BCUT2D eigenvalue weighted by Gasteiger charge is 2.17. The number of aromatic nitrogens is 2. The number of morpholine rings is 1. The first-order valence-electron chi connectivity index (χ1n) is 9.54. The first kappa shape index (κ1) is 18.9. The van der Waals surface area contributed by atoms with Gasteiger partial charge in [0.15, 0.2) is 0 Å². The maximum Gasteiger partial charge on any atom is 0.274 e. The summed E-state index contributed by atoms with van der Waals surface area (Å²) in [6.07, 6.45) is 1.61. The molecule has 1 aliphatic heterocycles. The second kappa shape index (κ2) is 8.74. The van der Waals surface area contributed by atoms with Crippen LogP contribution in [0.5, 0.6) is 0 Å². The molecule has 3 aromatic rings. The van der Waals surface area contributed by atoms with Crippen LogP contribution < -0.4 is 15.5 Å². The van der Waals surface area contributed by atoms with Gasteiger partial charge in [-0.05, 0) is 37.3 Å². The molecular formula is C21H23N5O3. The van der Waals surface area contributed by atoms with E-state index in [9.17, 15) is 4.79 Å². The Balaban J connectivity index is 1.50. The number of amides is 1. The fourth-order valence-corrected chi connectivity index (χ4v) is 3.19. The van der Waals surface area contributed by atoms with Crippen LogP contribution in [0.25, 0.3) is 0 Å². The van der Waals surface area contributed by atoms with Crippen LogP contribution in [-0.4, -0.2) is 42.2 Å². The first-order chi connectivity index (χ1) is 14.2. The average Bonchev–Trinajstić information content (AvgIpc) is 3.27. The summed E-state index contributed by atoms with van der Waals surface area (Å²) in [6, 6.07) is 13.1. The number of aryl methyl sites for hydroxylation is 1. The summed E-state index contributed by atoms with van der Waals surface area (Å²) >= 11 is 0. The summed E-state index contributed by atoms with van der Waals surface area (Å²) in [7, 11) is 0. The van der Waals surface area contributed by atoms with Gasteiger partial charge >= 0.3 is 0 Å². The SMILES string of the molecule is Cc1cc(C(=O)Nc2ccccc2N2CCOCC2)nc(NCc2ccco2)n1. The molecular weight excluding hydrogens is 370 g/mol. The molecule has 29 heavy (non-hydrogen) atoms. The Hall–Kier alpha value is -3.39. The Morgan fingerprint density at radius 2 is 1.97 bits per heavy atom. The van der Waals surface area contributed by atoms with Crippen molar-refractivity contribution in [3.8, 4) is 0 Å². The fourth-order valence-electron chi connectivity index (χ4n) is 3.19. The quantitative estimate of drug-likeness (QED) is 0.665. The maximum atomic E-state index is 12.9. The highest BCUT2D eigenvalue weighted by Crippen LogP contribution is 2.26. The predicted molar refractivity (Wildman–Crippen MR) is 110 cm³/mol. The van der Waals surface area contributed by atoms with Crippen molar-refractivity contribution in [2.45, 2.75) is 13.5 Å². The zero-order valence-corrected chi connectivity index (χ0v) is 16.2. The number of nitrogens with one attached hydrogen (secondary N) is 2. The molecule has 3 heterocycles. The molecule has 2 aromatic heterocycles. The molecule has 8 heteroatoms. The maximum absolute atomic E-state index is 12.9. The third kappa shape index (κ3) is 4.72. The molecule has 1 fully saturated rings. The van der Waals surface area contributed by atoms with E-state index < -0.39 is 0 Å². The number of nitrogens with zero attached hydrogens (tertiary/aromatic N) is 3. The lowest BCUT2D eigenvalue weighted by atomic mass is 10.2. The number of hydrogen-bond donors (Lipinski definition) is 2. The van der Waals surface area contributed by atoms with E-state index in [0.29, 0.717) is 37.1 Å². The second-order valence-electron chi connectivity index (χ2n) is 6.72. The predicted octanol–water partition coefficient (Wildman–Crippen LogP) is 3.08. The molecule has 0 radical (unpaired) electrons. The second-order valence-corrected chi connectivity index (χ2v) is 6.72. The van der Waals surface area contributed by atoms with Crippen molar-refractivity contribution in [3.63, 3.8) is 0 Å². The highest BCUT2D eigenvalue weighted by molar-refractivity contribution is 6.04. The van der Waals surface area contributed by atoms with Crippen LogP contribution >= 0.6 is 0 Å². The number of ether oxygens (including phenoxy) is 1. The summed E-state index contributed by atoms with van der Waals surface area (Å²) < 4.78 is 10.7. The fraction of sp³-hybridized carbons (Fsp3) is 0.286. The lowest BCUT2D eigenvalue weighted by Crippen LogP contribution is -2.36. The Bertz CT molecular complexity index is 968. The van der Waals surface area contributed by atoms with E-state index >= 15 is 0 Å². The van der Waals surface area contributed by atoms with E-state index in [1.165, 1.54) is 0 Å². The summed E-state index contributed by atoms with van der Waals surface area (Å²) in [5, 5.41) is 6.08. The first-order valence-corrected chi connectivity index (χ1v) is 9.54. The number of carbonyl (C=O) groups excluding carboxylic acids is 1. The molecule has 1 aromatic carbocycles. The van der Waals surface area contributed by atoms with E-state index in [4.69, 9.17) is 9.15 Å². The molecule has 0 atom stereocenters. The summed E-state index contributed by atoms with van der Waals surface area (Å²) in [5.41, 5.74) is 2.73. The molecule has 2 N–H and O–H groups in total. The number of benzene rings is 1. The van der Waals surface area contributed by atoms with Gasteiger partial charge in [-0.25, -0.2) is 9.97 Å². The standard InChI is InChI=1S/C21H23N5O3/c1-15-13-18(25-21(23-15)22-14-16-5-4-10-29-16)20(27)24-17-6-2-3-7-19(17)26-8-11-28-12-9-26/h2-7,10,13H,8-9,11-12,14H2,1H3,(H,24,27)(H,22,23,25). The van der Waals surface area contributed by atoms with E-state index in [1.54, 1.807) is 12.3 Å². The van der Waals surface area contributed by atoms with E-state index in [2.05, 4.69) is 25.5 Å². The van der Waals surface area contributed by atoms with Crippen molar-refractivity contribution in [2.24, 2.45) is 0 Å². The van der Waals surface area contributed by atoms with Crippen LogP contribution in [0, 0.1) is 6.92 Å². The van der Waals surface area contributed by atoms with Gasteiger partial charge in [-0.2, -0.15) is 0 Å². The van der Waals surface area contributed by atoms with Crippen molar-refractivity contribution in [3.05, 3.63) is 65.9 Å². The van der Waals surface area contributed by atoms with Gasteiger partial charge in [0.1, 0.15) is 11.5 Å². The average molecular weight is 393 g/mol. The number of carbonyl (C=O) groups is 1. The van der Waals surface area contributed by atoms with Gasteiger partial charge in [-0.3, -0.25) is 4.79 Å². The van der Waals surface area contributed by atoms with Gasteiger partial charge in [0, 0.05) is 18.8 Å². The van der Waals surface area contributed by atoms with Gasteiger partial charge in [0.05, 0.1) is 37.4 Å². The Labute approximate surface area is 168 Å². The monoisotopic (exact) mass is 393 g/mol. The zero-order valence-electron chi connectivity index (χ0n) is 16.2. The number of furan rings is 1. The summed E-state index contributed by atoms with van der Waals surface area (Å²) in [4.78, 5) is 23.8. The molecule has 0 unspecified atom stereocenters. The molecule has 0 spiro atoms. The highest BCUT2D eigenvalue weighted by atomic mass is 16.5. The summed E-state index contributed by atoms with van der Waals surface area (Å²) in [6.45, 7) is 5.21. The molecule has 8 nitrogen and oxygen atoms in total. The molecule has 4 rings (SSSR count). The molecule has 1 aliphatic rings. The largest absolute Gasteiger partial charge is 0.467 e. The van der Waals surface area contributed by atoms with E-state index in [0.717, 1.165) is 30.2 Å². The number of hydrogen-bond acceptors (Lipinski definition) is 7. The van der Waals surface area contributed by atoms with E-state index in [1.807, 2.05) is 43.3 Å². The lowest BCUT2D eigenvalue weighted by Gasteiger charge is -2.30. The molecule has 1 saturated heterocycles. The zero-order chi connectivity index (χ0) is 20.1. The van der Waals surface area contributed by atoms with Gasteiger partial charge in [0.25, 0.3) is 5.91 Å². The van der Waals surface area contributed by atoms with Crippen LogP contribution in [0.4, 0.5) is 17.3 Å². The van der Waals surface area contributed by atoms with Gasteiger partial charge < -0.3 is 24.7 Å². The van der Waals surface area contributed by atoms with Crippen LogP contribution in [0.15, 0.2) is 53.1 Å². The van der Waals surface area contributed by atoms with Crippen LogP contribution in [0.1, 0.15) is 21.9 Å². The lowest BCUT2D eigenvalue weighted by molar-refractivity contribution is 0.102. The number of rotatable bonds is 6. The minimum atomic E-state index is -0.280. The van der Waals surface area contributed by atoms with Gasteiger partial charge in [-0.1, -0.05) is 12.1 Å². The molecule has 1 amide bonds.